The highest BCUT2D eigenvalue weighted by molar-refractivity contribution is 5.97. The second-order valence-electron chi connectivity index (χ2n) is 6.27. The van der Waals surface area contributed by atoms with E-state index in [-0.39, 0.29) is 23.1 Å². The molecule has 10 nitrogen and oxygen atoms in total. The Morgan fingerprint density at radius 2 is 2.11 bits per heavy atom. The van der Waals surface area contributed by atoms with E-state index in [4.69, 9.17) is 9.26 Å². The van der Waals surface area contributed by atoms with E-state index >= 15 is 0 Å². The number of nitro groups is 1. The average Bonchev–Trinajstić information content (AvgIpc) is 3.34. The van der Waals surface area contributed by atoms with Gasteiger partial charge in [0.2, 0.25) is 0 Å². The summed E-state index contributed by atoms with van der Waals surface area (Å²) in [6, 6.07) is 5.77. The van der Waals surface area contributed by atoms with Crippen LogP contribution in [-0.4, -0.2) is 34.1 Å². The van der Waals surface area contributed by atoms with Crippen molar-refractivity contribution in [1.29, 1.82) is 0 Å². The third-order valence-corrected chi connectivity index (χ3v) is 3.90. The molecule has 0 aliphatic heterocycles. The normalized spacial score (nSPS) is 14.3. The Labute approximate surface area is 154 Å². The van der Waals surface area contributed by atoms with Crippen molar-refractivity contribution in [3.05, 3.63) is 45.7 Å². The second-order valence-corrected chi connectivity index (χ2v) is 6.27. The van der Waals surface area contributed by atoms with Gasteiger partial charge in [-0.3, -0.25) is 14.9 Å². The molecule has 142 valence electrons. The molecule has 1 aromatic heterocycles. The van der Waals surface area contributed by atoms with Crippen LogP contribution < -0.4 is 10.6 Å². The molecule has 0 radical (unpaired) electrons. The van der Waals surface area contributed by atoms with Crippen LogP contribution in [0.3, 0.4) is 0 Å². The molecule has 0 spiro atoms. The third kappa shape index (κ3) is 4.60. The minimum Gasteiger partial charge on any atom is -0.449 e. The number of hydrogen-bond donors (Lipinski definition) is 2. The van der Waals surface area contributed by atoms with E-state index in [1.807, 2.05) is 0 Å². The fraction of sp³-hybridized carbons (Fsp3) is 0.353. The van der Waals surface area contributed by atoms with Crippen LogP contribution in [0.5, 0.6) is 0 Å². The van der Waals surface area contributed by atoms with Crippen molar-refractivity contribution in [3.63, 3.8) is 0 Å². The molecule has 0 unspecified atom stereocenters. The maximum absolute atomic E-state index is 12.3. The largest absolute Gasteiger partial charge is 0.449 e. The first-order chi connectivity index (χ1) is 12.8. The van der Waals surface area contributed by atoms with Crippen molar-refractivity contribution in [2.45, 2.75) is 38.8 Å². The maximum Gasteiger partial charge on any atom is 0.339 e. The predicted molar refractivity (Wildman–Crippen MR) is 94.5 cm³/mol. The molecule has 10 heteroatoms. The summed E-state index contributed by atoms with van der Waals surface area (Å²) >= 11 is 0. The average molecular weight is 374 g/mol. The van der Waals surface area contributed by atoms with E-state index in [9.17, 15) is 19.7 Å². The number of carbonyl (C=O) groups excluding carboxylic acids is 2. The molecular weight excluding hydrogens is 356 g/mol. The lowest BCUT2D eigenvalue weighted by atomic mass is 10.1. The Bertz CT molecular complexity index is 889. The molecule has 0 saturated heterocycles. The molecule has 3 rings (SSSR count). The minimum atomic E-state index is -1.13. The summed E-state index contributed by atoms with van der Waals surface area (Å²) in [6.45, 7) is 3.05. The van der Waals surface area contributed by atoms with E-state index < -0.39 is 22.9 Å². The molecule has 1 atom stereocenters. The highest BCUT2D eigenvalue weighted by Crippen LogP contribution is 2.31. The molecule has 1 aliphatic rings. The summed E-state index contributed by atoms with van der Waals surface area (Å²) in [7, 11) is 0. The van der Waals surface area contributed by atoms with Crippen LogP contribution >= 0.6 is 0 Å². The maximum atomic E-state index is 12.3. The van der Waals surface area contributed by atoms with Crippen molar-refractivity contribution < 1.29 is 23.8 Å². The number of rotatable bonds is 7. The number of esters is 1. The van der Waals surface area contributed by atoms with E-state index in [0.29, 0.717) is 11.4 Å². The highest BCUT2D eigenvalue weighted by atomic mass is 16.6. The van der Waals surface area contributed by atoms with Gasteiger partial charge in [-0.2, -0.15) is 0 Å². The van der Waals surface area contributed by atoms with Gasteiger partial charge in [-0.15, -0.1) is 0 Å². The number of nitrogens with one attached hydrogen (secondary N) is 2. The fourth-order valence-corrected chi connectivity index (χ4v) is 2.31. The number of anilines is 2. The van der Waals surface area contributed by atoms with Crippen molar-refractivity contribution >= 4 is 29.1 Å². The zero-order chi connectivity index (χ0) is 19.6. The number of carbonyl (C=O) groups is 2. The number of aryl methyl sites for hydroxylation is 1. The minimum absolute atomic E-state index is 0.0139. The summed E-state index contributed by atoms with van der Waals surface area (Å²) < 4.78 is 9.92. The molecule has 1 amide bonds. The summed E-state index contributed by atoms with van der Waals surface area (Å²) in [5, 5.41) is 20.4. The third-order valence-electron chi connectivity index (χ3n) is 3.90. The molecule has 1 aromatic carbocycles. The Hall–Kier alpha value is -3.43. The van der Waals surface area contributed by atoms with Crippen molar-refractivity contribution in [1.82, 2.24) is 5.16 Å². The van der Waals surface area contributed by atoms with E-state index in [1.165, 1.54) is 25.1 Å². The SMILES string of the molecule is Cc1cc(NC(=O)[C@@H](C)OC(=O)c2ccc(NC3CC3)c([N+](=O)[O-])c2)no1. The standard InChI is InChI=1S/C17H18N4O6/c1-9-7-15(20-27-9)19-16(22)10(2)26-17(23)11-3-6-13(18-12-4-5-12)14(8-11)21(24)25/h3,6-8,10,12,18H,4-5H2,1-2H3,(H,19,20,22)/t10-/m1/s1. The van der Waals surface area contributed by atoms with Crippen LogP contribution in [0.15, 0.2) is 28.8 Å². The van der Waals surface area contributed by atoms with Gasteiger partial charge in [0.15, 0.2) is 11.9 Å². The number of nitrogens with zero attached hydrogens (tertiary/aromatic N) is 2. The smallest absolute Gasteiger partial charge is 0.339 e. The lowest BCUT2D eigenvalue weighted by molar-refractivity contribution is -0.384. The lowest BCUT2D eigenvalue weighted by Gasteiger charge is -2.13. The highest BCUT2D eigenvalue weighted by Gasteiger charge is 2.27. The van der Waals surface area contributed by atoms with Gasteiger partial charge in [0.05, 0.1) is 10.5 Å². The number of nitro benzene ring substituents is 1. The Morgan fingerprint density at radius 3 is 2.70 bits per heavy atom. The molecular formula is C17H18N4O6. The number of benzene rings is 1. The molecule has 1 heterocycles. The quantitative estimate of drug-likeness (QED) is 0.429. The Kier molecular flexibility index (Phi) is 5.06. The van der Waals surface area contributed by atoms with E-state index in [1.54, 1.807) is 6.92 Å². The second kappa shape index (κ2) is 7.44. The molecule has 1 saturated carbocycles. The van der Waals surface area contributed by atoms with Crippen molar-refractivity contribution in [2.75, 3.05) is 10.6 Å². The predicted octanol–water partition coefficient (Wildman–Crippen LogP) is 2.65. The summed E-state index contributed by atoms with van der Waals surface area (Å²) in [5.74, 6) is -0.720. The molecule has 2 aromatic rings. The lowest BCUT2D eigenvalue weighted by Crippen LogP contribution is -2.30. The van der Waals surface area contributed by atoms with Crippen LogP contribution in [0.1, 0.15) is 35.9 Å². The number of amides is 1. The Balaban J connectivity index is 1.66. The molecule has 1 aliphatic carbocycles. The fourth-order valence-electron chi connectivity index (χ4n) is 2.31. The van der Waals surface area contributed by atoms with Gasteiger partial charge in [0, 0.05) is 18.2 Å². The summed E-state index contributed by atoms with van der Waals surface area (Å²) in [6.07, 6.45) is 0.787. The van der Waals surface area contributed by atoms with Crippen LogP contribution in [0.4, 0.5) is 17.2 Å². The molecule has 2 N–H and O–H groups in total. The van der Waals surface area contributed by atoms with Gasteiger partial charge in [-0.25, -0.2) is 4.79 Å². The molecule has 0 bridgehead atoms. The van der Waals surface area contributed by atoms with Crippen LogP contribution in [0.2, 0.25) is 0 Å². The number of aromatic nitrogens is 1. The zero-order valence-corrected chi connectivity index (χ0v) is 14.7. The molecule has 27 heavy (non-hydrogen) atoms. The molecule has 1 fully saturated rings. The van der Waals surface area contributed by atoms with Gasteiger partial charge >= 0.3 is 5.97 Å². The van der Waals surface area contributed by atoms with Gasteiger partial charge in [-0.1, -0.05) is 5.16 Å². The number of hydrogen-bond acceptors (Lipinski definition) is 8. The van der Waals surface area contributed by atoms with Gasteiger partial charge in [-0.05, 0) is 38.8 Å². The van der Waals surface area contributed by atoms with Gasteiger partial charge < -0.3 is 19.9 Å². The van der Waals surface area contributed by atoms with Gasteiger partial charge in [0.1, 0.15) is 11.4 Å². The monoisotopic (exact) mass is 374 g/mol. The number of ether oxygens (including phenoxy) is 1. The van der Waals surface area contributed by atoms with Crippen molar-refractivity contribution in [3.8, 4) is 0 Å². The first-order valence-corrected chi connectivity index (χ1v) is 8.33. The van der Waals surface area contributed by atoms with Crippen LogP contribution in [-0.2, 0) is 9.53 Å². The van der Waals surface area contributed by atoms with Crippen LogP contribution in [0, 0.1) is 17.0 Å². The first-order valence-electron chi connectivity index (χ1n) is 8.33. The van der Waals surface area contributed by atoms with Crippen LogP contribution in [0.25, 0.3) is 0 Å². The van der Waals surface area contributed by atoms with Crippen molar-refractivity contribution in [2.24, 2.45) is 0 Å². The van der Waals surface area contributed by atoms with E-state index in [2.05, 4.69) is 15.8 Å². The Morgan fingerprint density at radius 1 is 1.37 bits per heavy atom. The summed E-state index contributed by atoms with van der Waals surface area (Å²) in [5.41, 5.74) is 0.123. The summed E-state index contributed by atoms with van der Waals surface area (Å²) in [4.78, 5) is 35.0. The topological polar surface area (TPSA) is 137 Å². The van der Waals surface area contributed by atoms with E-state index in [0.717, 1.165) is 18.9 Å². The van der Waals surface area contributed by atoms with Gasteiger partial charge in [0.25, 0.3) is 11.6 Å². The first kappa shape index (κ1) is 18.4. The zero-order valence-electron chi connectivity index (χ0n) is 14.7.